The van der Waals surface area contributed by atoms with Gasteiger partial charge in [-0.3, -0.25) is 4.79 Å². The Kier molecular flexibility index (Phi) is 3.55. The number of rotatable bonds is 3. The van der Waals surface area contributed by atoms with Gasteiger partial charge in [0, 0.05) is 5.92 Å². The van der Waals surface area contributed by atoms with Crippen LogP contribution < -0.4 is 0 Å². The minimum Gasteiger partial charge on any atom is -0.293 e. The zero-order chi connectivity index (χ0) is 7.44. The number of carbonyl (C=O) groups excluding carboxylic acids is 1. The van der Waals surface area contributed by atoms with Crippen molar-refractivity contribution in [2.24, 2.45) is 5.92 Å². The molecule has 0 saturated heterocycles. The maximum absolute atomic E-state index is 10.8. The Morgan fingerprint density at radius 2 is 2.22 bits per heavy atom. The van der Waals surface area contributed by atoms with Crippen molar-refractivity contribution in [2.75, 3.05) is 0 Å². The van der Waals surface area contributed by atoms with Crippen molar-refractivity contribution in [3.63, 3.8) is 0 Å². The van der Waals surface area contributed by atoms with E-state index >= 15 is 0 Å². The number of carbonyl (C=O) groups is 1. The van der Waals surface area contributed by atoms with Gasteiger partial charge in [-0.05, 0) is 6.42 Å². The Labute approximate surface area is 60.7 Å². The van der Waals surface area contributed by atoms with E-state index in [1.165, 1.54) is 0 Å². The van der Waals surface area contributed by atoms with Gasteiger partial charge in [0.15, 0.2) is 5.78 Å². The summed E-state index contributed by atoms with van der Waals surface area (Å²) in [4.78, 5) is 10.8. The first-order valence-corrected chi connectivity index (χ1v) is 3.36. The quantitative estimate of drug-likeness (QED) is 0.559. The molecule has 1 unspecified atom stereocenters. The third kappa shape index (κ3) is 2.66. The molecule has 0 aliphatic rings. The first kappa shape index (κ1) is 8.70. The second-order valence-corrected chi connectivity index (χ2v) is 2.53. The molecular weight excluding hydrogens is 136 g/mol. The lowest BCUT2D eigenvalue weighted by Gasteiger charge is -2.03. The predicted octanol–water partition coefficient (Wildman–Crippen LogP) is 2.35. The van der Waals surface area contributed by atoms with Crippen LogP contribution in [0, 0.1) is 5.92 Å². The van der Waals surface area contributed by atoms with Gasteiger partial charge in [0.2, 0.25) is 0 Å². The molecule has 0 N–H and O–H groups in total. The summed E-state index contributed by atoms with van der Waals surface area (Å²) in [6.07, 6.45) is 0.824. The first-order valence-electron chi connectivity index (χ1n) is 2.98. The summed E-state index contributed by atoms with van der Waals surface area (Å²) >= 11 is 5.36. The van der Waals surface area contributed by atoms with Crippen LogP contribution in [0.3, 0.4) is 0 Å². The predicted molar refractivity (Wildman–Crippen MR) is 39.5 cm³/mol. The fourth-order valence-electron chi connectivity index (χ4n) is 0.453. The second-order valence-electron chi connectivity index (χ2n) is 2.08. The summed E-state index contributed by atoms with van der Waals surface area (Å²) in [5.41, 5.74) is 0. The minimum absolute atomic E-state index is 0.0231. The van der Waals surface area contributed by atoms with E-state index in [4.69, 9.17) is 11.6 Å². The molecule has 2 heteroatoms. The summed E-state index contributed by atoms with van der Waals surface area (Å²) in [5, 5.41) is 0.143. The number of allylic oxidation sites excluding steroid dienone is 1. The summed E-state index contributed by atoms with van der Waals surface area (Å²) in [5.74, 6) is -0.0193. The highest BCUT2D eigenvalue weighted by atomic mass is 35.5. The van der Waals surface area contributed by atoms with Crippen molar-refractivity contribution in [1.82, 2.24) is 0 Å². The van der Waals surface area contributed by atoms with E-state index in [1.807, 2.05) is 13.8 Å². The van der Waals surface area contributed by atoms with Crippen LogP contribution in [0.1, 0.15) is 20.3 Å². The maximum atomic E-state index is 10.8. The largest absolute Gasteiger partial charge is 0.293 e. The van der Waals surface area contributed by atoms with Crippen molar-refractivity contribution >= 4 is 17.4 Å². The van der Waals surface area contributed by atoms with Gasteiger partial charge in [-0.15, -0.1) is 0 Å². The van der Waals surface area contributed by atoms with E-state index in [0.717, 1.165) is 6.42 Å². The molecule has 0 amide bonds. The standard InChI is InChI=1S/C7H11ClO/c1-4-5(2)7(9)6(3)8/h5H,3-4H2,1-2H3. The molecule has 0 saturated carbocycles. The van der Waals surface area contributed by atoms with Crippen LogP contribution in [0.2, 0.25) is 0 Å². The Balaban J connectivity index is 3.88. The van der Waals surface area contributed by atoms with E-state index < -0.39 is 0 Å². The molecule has 0 fully saturated rings. The Morgan fingerprint density at radius 1 is 1.78 bits per heavy atom. The topological polar surface area (TPSA) is 17.1 Å². The van der Waals surface area contributed by atoms with Gasteiger partial charge < -0.3 is 0 Å². The number of halogens is 1. The van der Waals surface area contributed by atoms with Gasteiger partial charge in [0.05, 0.1) is 5.03 Å². The molecule has 1 nitrogen and oxygen atoms in total. The molecule has 0 bridgehead atoms. The van der Waals surface area contributed by atoms with Crippen molar-refractivity contribution in [1.29, 1.82) is 0 Å². The Bertz CT molecular complexity index is 129. The van der Waals surface area contributed by atoms with Crippen LogP contribution in [0.4, 0.5) is 0 Å². The van der Waals surface area contributed by atoms with Crippen LogP contribution in [-0.2, 0) is 4.79 Å². The van der Waals surface area contributed by atoms with E-state index in [-0.39, 0.29) is 16.7 Å². The van der Waals surface area contributed by atoms with Gasteiger partial charge in [-0.2, -0.15) is 0 Å². The lowest BCUT2D eigenvalue weighted by atomic mass is 10.0. The summed E-state index contributed by atoms with van der Waals surface area (Å²) in [6, 6.07) is 0. The van der Waals surface area contributed by atoms with Crippen molar-refractivity contribution in [3.05, 3.63) is 11.6 Å². The summed E-state index contributed by atoms with van der Waals surface area (Å²) in [7, 11) is 0. The molecule has 9 heavy (non-hydrogen) atoms. The van der Waals surface area contributed by atoms with Gasteiger partial charge in [0.25, 0.3) is 0 Å². The molecule has 0 heterocycles. The van der Waals surface area contributed by atoms with Gasteiger partial charge in [-0.1, -0.05) is 32.0 Å². The smallest absolute Gasteiger partial charge is 0.176 e. The van der Waals surface area contributed by atoms with Crippen molar-refractivity contribution in [2.45, 2.75) is 20.3 Å². The lowest BCUT2D eigenvalue weighted by Crippen LogP contribution is -2.08. The summed E-state index contributed by atoms with van der Waals surface area (Å²) < 4.78 is 0. The fourth-order valence-corrected chi connectivity index (χ4v) is 0.639. The Hall–Kier alpha value is -0.300. The van der Waals surface area contributed by atoms with Crippen LogP contribution in [0.25, 0.3) is 0 Å². The average molecular weight is 147 g/mol. The molecule has 0 aliphatic heterocycles. The maximum Gasteiger partial charge on any atom is 0.176 e. The van der Waals surface area contributed by atoms with Crippen LogP contribution in [-0.4, -0.2) is 5.78 Å². The van der Waals surface area contributed by atoms with E-state index in [1.54, 1.807) is 0 Å². The number of Topliss-reactive ketones (excluding diaryl/α,β-unsaturated/α-hetero) is 1. The van der Waals surface area contributed by atoms with Crippen molar-refractivity contribution in [3.8, 4) is 0 Å². The molecule has 0 aromatic heterocycles. The van der Waals surface area contributed by atoms with E-state index in [0.29, 0.717) is 0 Å². The lowest BCUT2D eigenvalue weighted by molar-refractivity contribution is -0.118. The van der Waals surface area contributed by atoms with Crippen LogP contribution in [0.15, 0.2) is 11.6 Å². The third-order valence-electron chi connectivity index (χ3n) is 1.33. The molecule has 52 valence electrons. The second kappa shape index (κ2) is 3.67. The first-order chi connectivity index (χ1) is 4.09. The molecule has 0 aliphatic carbocycles. The number of ketones is 1. The average Bonchev–Trinajstić information content (AvgIpc) is 1.84. The van der Waals surface area contributed by atoms with Crippen LogP contribution >= 0.6 is 11.6 Å². The molecule has 0 aromatic carbocycles. The zero-order valence-electron chi connectivity index (χ0n) is 5.78. The molecule has 1 atom stereocenters. The number of hydrogen-bond acceptors (Lipinski definition) is 1. The SMILES string of the molecule is C=C(Cl)C(=O)C(C)CC. The zero-order valence-corrected chi connectivity index (χ0v) is 6.53. The highest BCUT2D eigenvalue weighted by Crippen LogP contribution is 2.10. The third-order valence-corrected chi connectivity index (χ3v) is 1.51. The monoisotopic (exact) mass is 146 g/mol. The Morgan fingerprint density at radius 3 is 2.33 bits per heavy atom. The van der Waals surface area contributed by atoms with Crippen molar-refractivity contribution < 1.29 is 4.79 Å². The minimum atomic E-state index is -0.0424. The van der Waals surface area contributed by atoms with E-state index in [9.17, 15) is 4.79 Å². The molecule has 0 rings (SSSR count). The number of hydrogen-bond donors (Lipinski definition) is 0. The van der Waals surface area contributed by atoms with Crippen LogP contribution in [0.5, 0.6) is 0 Å². The highest BCUT2D eigenvalue weighted by molar-refractivity contribution is 6.42. The highest BCUT2D eigenvalue weighted by Gasteiger charge is 2.11. The van der Waals surface area contributed by atoms with E-state index in [2.05, 4.69) is 6.58 Å². The van der Waals surface area contributed by atoms with Gasteiger partial charge in [0.1, 0.15) is 0 Å². The fraction of sp³-hybridized carbons (Fsp3) is 0.571. The van der Waals surface area contributed by atoms with Gasteiger partial charge >= 0.3 is 0 Å². The normalized spacial score (nSPS) is 12.8. The molecular formula is C7H11ClO. The summed E-state index contributed by atoms with van der Waals surface area (Å²) in [6.45, 7) is 7.13. The molecule has 0 radical (unpaired) electrons. The molecule has 0 aromatic rings. The van der Waals surface area contributed by atoms with Gasteiger partial charge in [-0.25, -0.2) is 0 Å². The molecule has 0 spiro atoms.